The highest BCUT2D eigenvalue weighted by atomic mass is 32.2. The Balaban J connectivity index is 1.43. The van der Waals surface area contributed by atoms with E-state index in [0.29, 0.717) is 5.75 Å². The second kappa shape index (κ2) is 7.54. The van der Waals surface area contributed by atoms with Crippen molar-refractivity contribution in [3.8, 4) is 0 Å². The second-order valence-electron chi connectivity index (χ2n) is 8.68. The minimum absolute atomic E-state index is 0.201. The highest BCUT2D eigenvalue weighted by molar-refractivity contribution is 7.99. The molecule has 0 bridgehead atoms. The van der Waals surface area contributed by atoms with Gasteiger partial charge in [0.25, 0.3) is 0 Å². The van der Waals surface area contributed by atoms with Crippen molar-refractivity contribution in [2.45, 2.75) is 58.0 Å². The fraction of sp³-hybridized carbons (Fsp3) is 0.619. The average molecular weight is 430 g/mol. The molecule has 0 N–H and O–H groups in total. The number of aromatic nitrogens is 4. The number of piperidine rings is 1. The number of likely N-dealkylation sites (tertiary alicyclic amines) is 1. The summed E-state index contributed by atoms with van der Waals surface area (Å²) in [6, 6.07) is 0. The van der Waals surface area contributed by atoms with E-state index >= 15 is 0 Å². The maximum atomic E-state index is 12.6. The van der Waals surface area contributed by atoms with E-state index in [1.807, 2.05) is 27.6 Å². The Hall–Kier alpha value is -1.67. The molecule has 2 aliphatic rings. The van der Waals surface area contributed by atoms with E-state index in [4.69, 9.17) is 4.98 Å². The molecule has 3 aromatic heterocycles. The Morgan fingerprint density at radius 3 is 2.76 bits per heavy atom. The summed E-state index contributed by atoms with van der Waals surface area (Å²) in [7, 11) is 0. The van der Waals surface area contributed by atoms with Gasteiger partial charge in [0, 0.05) is 18.0 Å². The number of carbonyl (C=O) groups is 1. The van der Waals surface area contributed by atoms with E-state index in [9.17, 15) is 4.79 Å². The lowest BCUT2D eigenvalue weighted by Crippen LogP contribution is -2.38. The first-order chi connectivity index (χ1) is 14.0. The van der Waals surface area contributed by atoms with Crippen LogP contribution in [0.1, 0.15) is 49.4 Å². The predicted octanol–water partition coefficient (Wildman–Crippen LogP) is 4.12. The van der Waals surface area contributed by atoms with Crippen LogP contribution in [0, 0.1) is 18.8 Å². The average Bonchev–Trinajstić information content (AvgIpc) is 3.27. The van der Waals surface area contributed by atoms with Gasteiger partial charge in [0.05, 0.1) is 11.1 Å². The van der Waals surface area contributed by atoms with Crippen molar-refractivity contribution in [1.82, 2.24) is 24.5 Å². The normalized spacial score (nSPS) is 20.5. The molecule has 1 atom stereocenters. The molecule has 29 heavy (non-hydrogen) atoms. The van der Waals surface area contributed by atoms with Crippen molar-refractivity contribution in [3.63, 3.8) is 0 Å². The summed E-state index contributed by atoms with van der Waals surface area (Å²) in [6.07, 6.45) is 5.66. The first-order valence-electron chi connectivity index (χ1n) is 10.6. The molecule has 4 heterocycles. The number of hydrogen-bond acceptors (Lipinski definition) is 6. The summed E-state index contributed by atoms with van der Waals surface area (Å²) in [5, 5.41) is 10.9. The third-order valence-corrected chi connectivity index (χ3v) is 8.46. The molecule has 5 rings (SSSR count). The number of rotatable bonds is 3. The molecular weight excluding hydrogens is 402 g/mol. The van der Waals surface area contributed by atoms with Gasteiger partial charge in [-0.1, -0.05) is 25.6 Å². The van der Waals surface area contributed by atoms with Gasteiger partial charge in [0.1, 0.15) is 10.7 Å². The van der Waals surface area contributed by atoms with Gasteiger partial charge in [-0.05, 0) is 56.4 Å². The summed E-state index contributed by atoms with van der Waals surface area (Å²) in [5.41, 5.74) is 2.32. The van der Waals surface area contributed by atoms with E-state index in [0.717, 1.165) is 72.1 Å². The van der Waals surface area contributed by atoms with Crippen molar-refractivity contribution < 1.29 is 4.79 Å². The Morgan fingerprint density at radius 2 is 1.97 bits per heavy atom. The van der Waals surface area contributed by atoms with Crippen LogP contribution in [-0.2, 0) is 17.6 Å². The van der Waals surface area contributed by atoms with Crippen LogP contribution >= 0.6 is 23.1 Å². The van der Waals surface area contributed by atoms with E-state index < -0.39 is 0 Å². The van der Waals surface area contributed by atoms with Gasteiger partial charge >= 0.3 is 0 Å². The van der Waals surface area contributed by atoms with Gasteiger partial charge in [-0.15, -0.1) is 21.5 Å². The van der Waals surface area contributed by atoms with Gasteiger partial charge in [-0.3, -0.25) is 9.20 Å². The molecule has 0 aromatic carbocycles. The molecule has 154 valence electrons. The largest absolute Gasteiger partial charge is 0.342 e. The highest BCUT2D eigenvalue weighted by Gasteiger charge is 2.26. The third-order valence-electron chi connectivity index (χ3n) is 6.40. The second-order valence-corrected chi connectivity index (χ2v) is 10.7. The number of carbonyl (C=O) groups excluding carboxylic acids is 1. The summed E-state index contributed by atoms with van der Waals surface area (Å²) >= 11 is 3.30. The van der Waals surface area contributed by atoms with Crippen LogP contribution in [0.25, 0.3) is 15.9 Å². The Labute approximate surface area is 179 Å². The summed E-state index contributed by atoms with van der Waals surface area (Å²) < 4.78 is 2.05. The minimum atomic E-state index is 0.201. The van der Waals surface area contributed by atoms with Crippen molar-refractivity contribution in [2.75, 3.05) is 18.8 Å². The Morgan fingerprint density at radius 1 is 1.17 bits per heavy atom. The zero-order valence-corrected chi connectivity index (χ0v) is 18.9. The van der Waals surface area contributed by atoms with Crippen LogP contribution in [-0.4, -0.2) is 49.2 Å². The number of aryl methyl sites for hydroxylation is 2. The SMILES string of the molecule is Cc1nc2sc3c(c2c2nnc(SCC(=O)N4CCC(C)CC4)n12)CC[C@@H](C)C3. The highest BCUT2D eigenvalue weighted by Crippen LogP contribution is 2.39. The number of hydrogen-bond donors (Lipinski definition) is 0. The fourth-order valence-corrected chi connectivity index (χ4v) is 6.84. The molecule has 0 unspecified atom stereocenters. The molecule has 0 spiro atoms. The minimum Gasteiger partial charge on any atom is -0.342 e. The van der Waals surface area contributed by atoms with Crippen molar-refractivity contribution in [2.24, 2.45) is 11.8 Å². The molecule has 3 aromatic rings. The van der Waals surface area contributed by atoms with Gasteiger partial charge in [-0.2, -0.15) is 0 Å². The molecule has 1 fully saturated rings. The lowest BCUT2D eigenvalue weighted by atomic mass is 9.89. The Bertz CT molecular complexity index is 1080. The standard InChI is InChI=1S/C21H27N5OS2/c1-12-6-8-25(9-7-12)17(27)11-28-21-24-23-19-18-15-5-4-13(2)10-16(15)29-20(18)22-14(3)26(19)21/h12-13H,4-11H2,1-3H3/t13-/m1/s1. The smallest absolute Gasteiger partial charge is 0.233 e. The molecule has 8 heteroatoms. The van der Waals surface area contributed by atoms with Gasteiger partial charge < -0.3 is 4.90 Å². The fourth-order valence-electron chi connectivity index (χ4n) is 4.54. The molecule has 1 aliphatic heterocycles. The number of thioether (sulfide) groups is 1. The topological polar surface area (TPSA) is 63.4 Å². The van der Waals surface area contributed by atoms with Gasteiger partial charge in [0.2, 0.25) is 5.91 Å². The number of amides is 1. The van der Waals surface area contributed by atoms with Crippen LogP contribution in [0.15, 0.2) is 5.16 Å². The number of nitrogens with zero attached hydrogens (tertiary/aromatic N) is 5. The molecule has 0 saturated carbocycles. The quantitative estimate of drug-likeness (QED) is 0.586. The van der Waals surface area contributed by atoms with Crippen molar-refractivity contribution >= 4 is 44.9 Å². The number of fused-ring (bicyclic) bond motifs is 5. The summed E-state index contributed by atoms with van der Waals surface area (Å²) in [6.45, 7) is 8.35. The maximum absolute atomic E-state index is 12.6. The molecule has 1 amide bonds. The summed E-state index contributed by atoms with van der Waals surface area (Å²) in [4.78, 5) is 22.1. The zero-order chi connectivity index (χ0) is 20.1. The predicted molar refractivity (Wildman–Crippen MR) is 118 cm³/mol. The summed E-state index contributed by atoms with van der Waals surface area (Å²) in [5.74, 6) is 2.97. The van der Waals surface area contributed by atoms with Crippen LogP contribution in [0.3, 0.4) is 0 Å². The number of thiophene rings is 1. The van der Waals surface area contributed by atoms with Crippen LogP contribution < -0.4 is 0 Å². The lowest BCUT2D eigenvalue weighted by molar-refractivity contribution is -0.129. The molecule has 0 radical (unpaired) electrons. The molecule has 1 saturated heterocycles. The monoisotopic (exact) mass is 429 g/mol. The molecule has 1 aliphatic carbocycles. The van der Waals surface area contributed by atoms with Gasteiger partial charge in [-0.25, -0.2) is 4.98 Å². The Kier molecular flexibility index (Phi) is 5.02. The van der Waals surface area contributed by atoms with E-state index in [2.05, 4.69) is 24.0 Å². The first kappa shape index (κ1) is 19.3. The molecular formula is C21H27N5OS2. The van der Waals surface area contributed by atoms with E-state index in [-0.39, 0.29) is 5.91 Å². The zero-order valence-electron chi connectivity index (χ0n) is 17.3. The van der Waals surface area contributed by atoms with Crippen molar-refractivity contribution in [3.05, 3.63) is 16.3 Å². The van der Waals surface area contributed by atoms with Crippen molar-refractivity contribution in [1.29, 1.82) is 0 Å². The van der Waals surface area contributed by atoms with Gasteiger partial charge in [0.15, 0.2) is 10.8 Å². The first-order valence-corrected chi connectivity index (χ1v) is 12.4. The van der Waals surface area contributed by atoms with E-state index in [1.165, 1.54) is 34.0 Å². The lowest BCUT2D eigenvalue weighted by Gasteiger charge is -2.30. The van der Waals surface area contributed by atoms with Crippen LogP contribution in [0.5, 0.6) is 0 Å². The maximum Gasteiger partial charge on any atom is 0.233 e. The van der Waals surface area contributed by atoms with E-state index in [1.54, 1.807) is 0 Å². The third kappa shape index (κ3) is 3.44. The molecule has 6 nitrogen and oxygen atoms in total. The van der Waals surface area contributed by atoms with Crippen LogP contribution in [0.2, 0.25) is 0 Å². The van der Waals surface area contributed by atoms with Crippen LogP contribution in [0.4, 0.5) is 0 Å².